The minimum Gasteiger partial charge on any atom is -0.478 e. The zero-order valence-electron chi connectivity index (χ0n) is 21.1. The standard InChI is InChI=1S/C29H29N5O3/c1-17-5-3-4-6-21(17)24-23(26(37-32-24)18-7-8-18)20-14-29(15-20)9-11-34(12-10-29)27-25-22(33(2)31-27)13-19(16-30-25)28(35)36/h3-6,13-14,16,18H,7-12,15H2,1-2H3,(H,35,36). The van der Waals surface area contributed by atoms with Gasteiger partial charge >= 0.3 is 5.97 Å². The van der Waals surface area contributed by atoms with E-state index in [-0.39, 0.29) is 11.0 Å². The van der Waals surface area contributed by atoms with Gasteiger partial charge in [0.25, 0.3) is 0 Å². The molecule has 188 valence electrons. The molecule has 0 radical (unpaired) electrons. The summed E-state index contributed by atoms with van der Waals surface area (Å²) in [6, 6.07) is 10.1. The van der Waals surface area contributed by atoms with E-state index in [1.807, 2.05) is 7.05 Å². The lowest BCUT2D eigenvalue weighted by Crippen LogP contribution is -2.42. The van der Waals surface area contributed by atoms with Gasteiger partial charge in [-0.25, -0.2) is 9.78 Å². The Morgan fingerprint density at radius 3 is 2.65 bits per heavy atom. The van der Waals surface area contributed by atoms with Crippen LogP contribution in [-0.2, 0) is 7.05 Å². The molecular weight excluding hydrogens is 466 g/mol. The SMILES string of the molecule is Cc1ccccc1-c1noc(C2CC2)c1C1=CC2(CCN(c3nn(C)c4cc(C(=O)O)cnc34)CC2)C1. The Balaban J connectivity index is 1.15. The van der Waals surface area contributed by atoms with E-state index >= 15 is 0 Å². The quantitative estimate of drug-likeness (QED) is 0.386. The molecule has 2 aliphatic carbocycles. The van der Waals surface area contributed by atoms with Crippen molar-refractivity contribution in [3.63, 3.8) is 0 Å². The normalized spacial score (nSPS) is 18.8. The highest BCUT2D eigenvalue weighted by atomic mass is 16.5. The molecule has 8 heteroatoms. The molecule has 3 aliphatic rings. The third kappa shape index (κ3) is 3.57. The van der Waals surface area contributed by atoms with E-state index in [9.17, 15) is 9.90 Å². The van der Waals surface area contributed by atoms with Gasteiger partial charge in [-0.15, -0.1) is 0 Å². The highest BCUT2D eigenvalue weighted by Crippen LogP contribution is 2.55. The van der Waals surface area contributed by atoms with E-state index < -0.39 is 5.97 Å². The van der Waals surface area contributed by atoms with Crippen molar-refractivity contribution in [1.82, 2.24) is 19.9 Å². The molecule has 1 aliphatic heterocycles. The summed E-state index contributed by atoms with van der Waals surface area (Å²) < 4.78 is 7.68. The summed E-state index contributed by atoms with van der Waals surface area (Å²) in [6.45, 7) is 3.92. The van der Waals surface area contributed by atoms with Crippen LogP contribution in [0.25, 0.3) is 27.9 Å². The second kappa shape index (κ2) is 8.03. The highest BCUT2D eigenvalue weighted by Gasteiger charge is 2.44. The van der Waals surface area contributed by atoms with E-state index in [1.165, 1.54) is 35.7 Å². The van der Waals surface area contributed by atoms with Crippen LogP contribution in [0.1, 0.15) is 65.3 Å². The molecule has 1 saturated carbocycles. The summed E-state index contributed by atoms with van der Waals surface area (Å²) in [6.07, 6.45) is 9.41. The Kier molecular flexibility index (Phi) is 4.83. The first-order valence-electron chi connectivity index (χ1n) is 13.0. The lowest BCUT2D eigenvalue weighted by molar-refractivity contribution is 0.0696. The van der Waals surface area contributed by atoms with Crippen LogP contribution in [0.2, 0.25) is 0 Å². The van der Waals surface area contributed by atoms with Crippen molar-refractivity contribution in [2.45, 2.75) is 44.9 Å². The Morgan fingerprint density at radius 2 is 1.95 bits per heavy atom. The van der Waals surface area contributed by atoms with Crippen molar-refractivity contribution in [1.29, 1.82) is 0 Å². The van der Waals surface area contributed by atoms with Crippen molar-refractivity contribution >= 4 is 28.4 Å². The molecule has 4 heterocycles. The number of aromatic nitrogens is 4. The number of rotatable bonds is 5. The predicted molar refractivity (Wildman–Crippen MR) is 141 cm³/mol. The molecule has 0 amide bonds. The number of carbonyl (C=O) groups is 1. The van der Waals surface area contributed by atoms with E-state index in [0.29, 0.717) is 5.92 Å². The van der Waals surface area contributed by atoms with Crippen molar-refractivity contribution in [3.8, 4) is 11.3 Å². The van der Waals surface area contributed by atoms with Gasteiger partial charge in [0.15, 0.2) is 5.82 Å². The number of hydrogen-bond donors (Lipinski definition) is 1. The fraction of sp³-hybridized carbons (Fsp3) is 0.379. The number of aryl methyl sites for hydroxylation is 2. The molecule has 1 saturated heterocycles. The van der Waals surface area contributed by atoms with Gasteiger partial charge in [-0.3, -0.25) is 4.68 Å². The number of fused-ring (bicyclic) bond motifs is 1. The van der Waals surface area contributed by atoms with Gasteiger partial charge in [-0.2, -0.15) is 5.10 Å². The molecule has 1 aromatic carbocycles. The van der Waals surface area contributed by atoms with Crippen molar-refractivity contribution < 1.29 is 14.4 Å². The first kappa shape index (κ1) is 22.3. The van der Waals surface area contributed by atoms with Gasteiger partial charge in [0.1, 0.15) is 17.0 Å². The molecule has 0 unspecified atom stereocenters. The maximum atomic E-state index is 11.4. The summed E-state index contributed by atoms with van der Waals surface area (Å²) in [5, 5.41) is 18.6. The number of hydrogen-bond acceptors (Lipinski definition) is 6. The van der Waals surface area contributed by atoms with Crippen LogP contribution in [0.3, 0.4) is 0 Å². The van der Waals surface area contributed by atoms with Gasteiger partial charge in [0.2, 0.25) is 0 Å². The summed E-state index contributed by atoms with van der Waals surface area (Å²) in [5.41, 5.74) is 7.85. The number of carboxylic acid groups (broad SMARTS) is 1. The Hall–Kier alpha value is -3.94. The molecule has 0 atom stereocenters. The largest absolute Gasteiger partial charge is 0.478 e. The van der Waals surface area contributed by atoms with E-state index in [2.05, 4.69) is 52.3 Å². The average Bonchev–Trinajstić information content (AvgIpc) is 3.56. The zero-order chi connectivity index (χ0) is 25.3. The Bertz CT molecular complexity index is 1580. The third-order valence-corrected chi connectivity index (χ3v) is 8.39. The molecule has 2 fully saturated rings. The summed E-state index contributed by atoms with van der Waals surface area (Å²) in [7, 11) is 1.84. The number of benzene rings is 1. The number of carboxylic acids is 1. The number of aromatic carboxylic acids is 1. The van der Waals surface area contributed by atoms with Gasteiger partial charge in [-0.1, -0.05) is 35.5 Å². The van der Waals surface area contributed by atoms with Crippen LogP contribution >= 0.6 is 0 Å². The summed E-state index contributed by atoms with van der Waals surface area (Å²) in [5.74, 6) is 1.44. The van der Waals surface area contributed by atoms with Crippen LogP contribution in [-0.4, -0.2) is 44.1 Å². The fourth-order valence-corrected chi connectivity index (χ4v) is 6.07. The molecule has 0 bridgehead atoms. The molecule has 37 heavy (non-hydrogen) atoms. The first-order valence-corrected chi connectivity index (χ1v) is 13.0. The van der Waals surface area contributed by atoms with Crippen molar-refractivity contribution in [2.75, 3.05) is 18.0 Å². The fourth-order valence-electron chi connectivity index (χ4n) is 6.07. The smallest absolute Gasteiger partial charge is 0.337 e. The lowest BCUT2D eigenvalue weighted by atomic mass is 9.63. The van der Waals surface area contributed by atoms with Crippen LogP contribution in [0.4, 0.5) is 5.82 Å². The number of allylic oxidation sites excluding steroid dienone is 2. The molecule has 1 N–H and O–H groups in total. The average molecular weight is 496 g/mol. The maximum absolute atomic E-state index is 11.4. The summed E-state index contributed by atoms with van der Waals surface area (Å²) in [4.78, 5) is 18.1. The minimum absolute atomic E-state index is 0.177. The van der Waals surface area contributed by atoms with Crippen LogP contribution < -0.4 is 4.90 Å². The molecule has 7 rings (SSSR count). The van der Waals surface area contributed by atoms with Crippen molar-refractivity contribution in [2.24, 2.45) is 12.5 Å². The number of anilines is 1. The maximum Gasteiger partial charge on any atom is 0.337 e. The Labute approximate surface area is 214 Å². The van der Waals surface area contributed by atoms with Crippen LogP contribution in [0.5, 0.6) is 0 Å². The lowest BCUT2D eigenvalue weighted by Gasteiger charge is -2.46. The number of piperidine rings is 1. The third-order valence-electron chi connectivity index (χ3n) is 8.39. The van der Waals surface area contributed by atoms with Crippen LogP contribution in [0.15, 0.2) is 47.1 Å². The van der Waals surface area contributed by atoms with Crippen LogP contribution in [0, 0.1) is 12.3 Å². The molecule has 3 aromatic heterocycles. The predicted octanol–water partition coefficient (Wildman–Crippen LogP) is 5.58. The van der Waals surface area contributed by atoms with Gasteiger partial charge in [0, 0.05) is 43.4 Å². The van der Waals surface area contributed by atoms with E-state index in [1.54, 1.807) is 10.7 Å². The number of nitrogens with zero attached hydrogens (tertiary/aromatic N) is 5. The zero-order valence-corrected chi connectivity index (χ0v) is 21.1. The topological polar surface area (TPSA) is 97.3 Å². The van der Waals surface area contributed by atoms with Gasteiger partial charge in [-0.05, 0) is 61.6 Å². The van der Waals surface area contributed by atoms with E-state index in [0.717, 1.165) is 66.2 Å². The molecule has 4 aromatic rings. The van der Waals surface area contributed by atoms with E-state index in [4.69, 9.17) is 9.62 Å². The van der Waals surface area contributed by atoms with Gasteiger partial charge in [0.05, 0.1) is 11.1 Å². The molecule has 8 nitrogen and oxygen atoms in total. The highest BCUT2D eigenvalue weighted by molar-refractivity contribution is 5.94. The van der Waals surface area contributed by atoms with Gasteiger partial charge < -0.3 is 14.5 Å². The Morgan fingerprint density at radius 1 is 1.19 bits per heavy atom. The molecular formula is C29H29N5O3. The first-order chi connectivity index (χ1) is 17.9. The second-order valence-corrected chi connectivity index (χ2v) is 10.9. The summed E-state index contributed by atoms with van der Waals surface area (Å²) >= 11 is 0. The van der Waals surface area contributed by atoms with Crippen molar-refractivity contribution in [3.05, 3.63) is 65.1 Å². The molecule has 1 spiro atoms. The minimum atomic E-state index is -0.979. The monoisotopic (exact) mass is 495 g/mol. The second-order valence-electron chi connectivity index (χ2n) is 10.9. The number of pyridine rings is 1.